The van der Waals surface area contributed by atoms with Gasteiger partial charge in [0, 0.05) is 12.1 Å². The predicted molar refractivity (Wildman–Crippen MR) is 132 cm³/mol. The lowest BCUT2D eigenvalue weighted by atomic mass is 9.83. The van der Waals surface area contributed by atoms with Gasteiger partial charge in [-0.25, -0.2) is 0 Å². The lowest BCUT2D eigenvalue weighted by molar-refractivity contribution is -0.120. The molecule has 0 atom stereocenters. The van der Waals surface area contributed by atoms with Crippen LogP contribution in [0.15, 0.2) is 59.8 Å². The number of methoxy groups -OCH3 is 1. The minimum atomic E-state index is -0.731. The van der Waals surface area contributed by atoms with Crippen molar-refractivity contribution in [2.24, 2.45) is 0 Å². The summed E-state index contributed by atoms with van der Waals surface area (Å²) < 4.78 is 7.34. The number of benzene rings is 2. The summed E-state index contributed by atoms with van der Waals surface area (Å²) in [5.74, 6) is 1.58. The molecule has 0 bridgehead atoms. The number of nitrogens with zero attached hydrogens (tertiary/aromatic N) is 4. The average molecular weight is 476 g/mol. The highest BCUT2D eigenvalue weighted by Gasteiger charge is 2.33. The van der Waals surface area contributed by atoms with E-state index in [0.29, 0.717) is 11.7 Å². The summed E-state index contributed by atoms with van der Waals surface area (Å²) in [6.45, 7) is 0.685. The number of carbonyl (C=O) groups is 1. The predicted octanol–water partition coefficient (Wildman–Crippen LogP) is 4.63. The van der Waals surface area contributed by atoms with Crippen molar-refractivity contribution in [2.75, 3.05) is 12.9 Å². The van der Waals surface area contributed by atoms with E-state index in [9.17, 15) is 10.1 Å². The van der Waals surface area contributed by atoms with Gasteiger partial charge in [0.25, 0.3) is 0 Å². The first kappa shape index (κ1) is 23.8. The van der Waals surface area contributed by atoms with E-state index < -0.39 is 5.54 Å². The van der Waals surface area contributed by atoms with Crippen LogP contribution in [0.4, 0.5) is 0 Å². The summed E-state index contributed by atoms with van der Waals surface area (Å²) in [6.07, 6.45) is 5.32. The molecule has 0 unspecified atom stereocenters. The molecule has 0 spiro atoms. The topological polar surface area (TPSA) is 92.8 Å². The molecular weight excluding hydrogens is 446 g/mol. The number of amides is 1. The highest BCUT2D eigenvalue weighted by molar-refractivity contribution is 7.99. The van der Waals surface area contributed by atoms with Gasteiger partial charge in [0.15, 0.2) is 11.0 Å². The highest BCUT2D eigenvalue weighted by atomic mass is 32.2. The van der Waals surface area contributed by atoms with E-state index in [2.05, 4.69) is 38.3 Å². The molecule has 34 heavy (non-hydrogen) atoms. The number of carbonyl (C=O) groups excluding carboxylic acids is 1. The largest absolute Gasteiger partial charge is 0.497 e. The molecule has 3 aromatic rings. The molecule has 0 radical (unpaired) electrons. The second-order valence-corrected chi connectivity index (χ2v) is 9.46. The third-order valence-corrected chi connectivity index (χ3v) is 7.13. The fourth-order valence-electron chi connectivity index (χ4n) is 4.29. The monoisotopic (exact) mass is 475 g/mol. The molecule has 1 aliphatic carbocycles. The molecule has 1 heterocycles. The Hall–Kier alpha value is -3.31. The zero-order valence-corrected chi connectivity index (χ0v) is 20.2. The fourth-order valence-corrected chi connectivity index (χ4v) is 5.05. The number of thioether (sulfide) groups is 1. The molecule has 1 amide bonds. The van der Waals surface area contributed by atoms with E-state index in [4.69, 9.17) is 4.74 Å². The Morgan fingerprint density at radius 3 is 2.53 bits per heavy atom. The summed E-state index contributed by atoms with van der Waals surface area (Å²) in [7, 11) is 1.64. The van der Waals surface area contributed by atoms with Crippen molar-refractivity contribution in [1.82, 2.24) is 20.1 Å². The molecule has 0 aliphatic heterocycles. The minimum Gasteiger partial charge on any atom is -0.497 e. The second kappa shape index (κ2) is 11.2. The molecule has 176 valence electrons. The lowest BCUT2D eigenvalue weighted by Crippen LogP contribution is -2.49. The zero-order chi connectivity index (χ0) is 23.8. The maximum absolute atomic E-state index is 12.7. The van der Waals surface area contributed by atoms with Crippen molar-refractivity contribution >= 4 is 17.7 Å². The standard InChI is InChI=1S/C26H29N5O2S/c1-33-22-12-10-21(11-13-22)24-29-30-25(31(24)17-14-20-8-4-2-5-9-20)34-18-23(32)28-26(19-27)15-6-3-7-16-26/h2,4-5,8-13H,3,6-7,14-18H2,1H3,(H,28,32). The summed E-state index contributed by atoms with van der Waals surface area (Å²) >= 11 is 1.35. The maximum Gasteiger partial charge on any atom is 0.231 e. The van der Waals surface area contributed by atoms with Crippen LogP contribution in [-0.4, -0.2) is 39.1 Å². The molecule has 1 N–H and O–H groups in total. The first-order valence-corrected chi connectivity index (χ1v) is 12.6. The molecule has 1 saturated carbocycles. The van der Waals surface area contributed by atoms with Gasteiger partial charge in [0.05, 0.1) is 18.9 Å². The SMILES string of the molecule is COc1ccc(-c2nnc(SCC(=O)NC3(C#N)CCCCC3)n2CCc2ccccc2)cc1. The van der Waals surface area contributed by atoms with E-state index in [1.807, 2.05) is 42.5 Å². The van der Waals surface area contributed by atoms with Crippen LogP contribution in [-0.2, 0) is 17.8 Å². The fraction of sp³-hybridized carbons (Fsp3) is 0.385. The van der Waals surface area contributed by atoms with Gasteiger partial charge < -0.3 is 14.6 Å². The van der Waals surface area contributed by atoms with Crippen LogP contribution in [0.3, 0.4) is 0 Å². The van der Waals surface area contributed by atoms with Crippen molar-refractivity contribution in [3.63, 3.8) is 0 Å². The molecule has 2 aromatic carbocycles. The first-order chi connectivity index (χ1) is 16.6. The lowest BCUT2D eigenvalue weighted by Gasteiger charge is -2.31. The van der Waals surface area contributed by atoms with Gasteiger partial charge >= 0.3 is 0 Å². The summed E-state index contributed by atoms with van der Waals surface area (Å²) in [6, 6.07) is 20.3. The number of hydrogen-bond acceptors (Lipinski definition) is 6. The molecule has 4 rings (SSSR count). The van der Waals surface area contributed by atoms with Crippen LogP contribution in [0, 0.1) is 11.3 Å². The van der Waals surface area contributed by atoms with Gasteiger partial charge in [-0.3, -0.25) is 4.79 Å². The number of ether oxygens (including phenoxy) is 1. The Kier molecular flexibility index (Phi) is 7.86. The zero-order valence-electron chi connectivity index (χ0n) is 19.4. The summed E-state index contributed by atoms with van der Waals surface area (Å²) in [5.41, 5.74) is 1.42. The highest BCUT2D eigenvalue weighted by Crippen LogP contribution is 2.29. The van der Waals surface area contributed by atoms with E-state index in [1.165, 1.54) is 17.3 Å². The molecule has 7 nitrogen and oxygen atoms in total. The Morgan fingerprint density at radius 2 is 1.85 bits per heavy atom. The van der Waals surface area contributed by atoms with E-state index >= 15 is 0 Å². The van der Waals surface area contributed by atoms with Gasteiger partial charge in [-0.1, -0.05) is 61.4 Å². The first-order valence-electron chi connectivity index (χ1n) is 11.6. The minimum absolute atomic E-state index is 0.142. The number of aromatic nitrogens is 3. The van der Waals surface area contributed by atoms with Crippen molar-refractivity contribution < 1.29 is 9.53 Å². The number of rotatable bonds is 9. The third-order valence-electron chi connectivity index (χ3n) is 6.16. The maximum atomic E-state index is 12.7. The normalized spacial score (nSPS) is 14.8. The number of nitriles is 1. The van der Waals surface area contributed by atoms with Crippen LogP contribution in [0.2, 0.25) is 0 Å². The molecule has 8 heteroatoms. The smallest absolute Gasteiger partial charge is 0.231 e. The van der Waals surface area contributed by atoms with Crippen molar-refractivity contribution in [3.8, 4) is 23.2 Å². The van der Waals surface area contributed by atoms with E-state index in [0.717, 1.165) is 55.7 Å². The Labute approximate surface area is 204 Å². The Morgan fingerprint density at radius 1 is 1.12 bits per heavy atom. The van der Waals surface area contributed by atoms with Gasteiger partial charge in [-0.15, -0.1) is 10.2 Å². The second-order valence-electron chi connectivity index (χ2n) is 8.51. The Balaban J connectivity index is 1.50. The van der Waals surface area contributed by atoms with Crippen molar-refractivity contribution in [2.45, 2.75) is 55.8 Å². The van der Waals surface area contributed by atoms with Gasteiger partial charge in [-0.2, -0.15) is 5.26 Å². The molecule has 1 aliphatic rings. The average Bonchev–Trinajstić information content (AvgIpc) is 3.30. The van der Waals surface area contributed by atoms with Crippen LogP contribution >= 0.6 is 11.8 Å². The molecular formula is C26H29N5O2S. The van der Waals surface area contributed by atoms with Gasteiger partial charge in [0.2, 0.25) is 5.91 Å². The molecule has 1 aromatic heterocycles. The van der Waals surface area contributed by atoms with Crippen molar-refractivity contribution in [1.29, 1.82) is 5.26 Å². The van der Waals surface area contributed by atoms with Gasteiger partial charge in [0.1, 0.15) is 11.3 Å². The van der Waals surface area contributed by atoms with E-state index in [-0.39, 0.29) is 11.7 Å². The molecule has 0 saturated heterocycles. The quantitative estimate of drug-likeness (QED) is 0.454. The molecule has 1 fully saturated rings. The number of nitrogens with one attached hydrogen (secondary N) is 1. The van der Waals surface area contributed by atoms with Crippen LogP contribution in [0.1, 0.15) is 37.7 Å². The summed E-state index contributed by atoms with van der Waals surface area (Å²) in [4.78, 5) is 12.7. The Bertz CT molecular complexity index is 1130. The van der Waals surface area contributed by atoms with Gasteiger partial charge in [-0.05, 0) is 49.1 Å². The number of hydrogen-bond donors (Lipinski definition) is 1. The van der Waals surface area contributed by atoms with Crippen LogP contribution < -0.4 is 10.1 Å². The van der Waals surface area contributed by atoms with Crippen LogP contribution in [0.25, 0.3) is 11.4 Å². The van der Waals surface area contributed by atoms with Crippen molar-refractivity contribution in [3.05, 3.63) is 60.2 Å². The van der Waals surface area contributed by atoms with E-state index in [1.54, 1.807) is 7.11 Å². The third kappa shape index (κ3) is 5.78. The summed E-state index contributed by atoms with van der Waals surface area (Å²) in [5, 5.41) is 22.2. The van der Waals surface area contributed by atoms with Crippen LogP contribution in [0.5, 0.6) is 5.75 Å². The number of aryl methyl sites for hydroxylation is 1.